The van der Waals surface area contributed by atoms with Crippen LogP contribution in [0.15, 0.2) is 30.4 Å². The molecule has 3 aliphatic rings. The van der Waals surface area contributed by atoms with Crippen molar-refractivity contribution in [3.05, 3.63) is 41.6 Å². The van der Waals surface area contributed by atoms with Crippen LogP contribution in [0.2, 0.25) is 0 Å². The van der Waals surface area contributed by atoms with Gasteiger partial charge in [0.1, 0.15) is 5.75 Å². The smallest absolute Gasteiger partial charge is 0.226 e. The van der Waals surface area contributed by atoms with Gasteiger partial charge in [0.25, 0.3) is 0 Å². The number of aromatic nitrogens is 1. The van der Waals surface area contributed by atoms with Crippen molar-refractivity contribution in [2.24, 2.45) is 17.8 Å². The van der Waals surface area contributed by atoms with E-state index in [0.717, 1.165) is 37.2 Å². The third-order valence-electron chi connectivity index (χ3n) is 6.09. The first-order valence-corrected chi connectivity index (χ1v) is 8.87. The largest absolute Gasteiger partial charge is 0.497 e. The summed E-state index contributed by atoms with van der Waals surface area (Å²) in [6.07, 6.45) is 7.71. The molecule has 4 nitrogen and oxygen atoms in total. The highest BCUT2D eigenvalue weighted by Crippen LogP contribution is 2.44. The molecule has 2 aromatic rings. The Hall–Kier alpha value is -2.23. The highest BCUT2D eigenvalue weighted by Gasteiger charge is 2.42. The number of hydrogen-bond acceptors (Lipinski definition) is 2. The molecule has 0 unspecified atom stereocenters. The summed E-state index contributed by atoms with van der Waals surface area (Å²) in [7, 11) is 1.69. The number of amides is 1. The quantitative estimate of drug-likeness (QED) is 0.863. The molecular weight excluding hydrogens is 300 g/mol. The van der Waals surface area contributed by atoms with Crippen LogP contribution in [0.1, 0.15) is 24.1 Å². The van der Waals surface area contributed by atoms with Crippen LogP contribution in [0, 0.1) is 17.8 Å². The van der Waals surface area contributed by atoms with Gasteiger partial charge in [0, 0.05) is 47.6 Å². The normalized spacial score (nSPS) is 27.7. The van der Waals surface area contributed by atoms with Gasteiger partial charge in [0.15, 0.2) is 0 Å². The van der Waals surface area contributed by atoms with Crippen LogP contribution in [0.3, 0.4) is 0 Å². The summed E-state index contributed by atoms with van der Waals surface area (Å²) in [6.45, 7) is 1.55. The highest BCUT2D eigenvalue weighted by molar-refractivity contribution is 5.87. The number of benzene rings is 1. The standard InChI is InChI=1S/C20H22N2O2/c1-24-14-4-5-18-16(10-14)17-11-22(7-6-19(17)21-18)20(23)15-9-12-2-3-13(15)8-12/h2-5,10,12-13,15,21H,6-9,11H2,1H3/t12-,13+,15-/m1/s1. The van der Waals surface area contributed by atoms with Crippen LogP contribution < -0.4 is 4.74 Å². The van der Waals surface area contributed by atoms with Crippen LogP contribution in [-0.2, 0) is 17.8 Å². The summed E-state index contributed by atoms with van der Waals surface area (Å²) in [5.41, 5.74) is 3.68. The number of carbonyl (C=O) groups is 1. The molecule has 2 bridgehead atoms. The number of hydrogen-bond donors (Lipinski definition) is 1. The lowest BCUT2D eigenvalue weighted by molar-refractivity contribution is -0.137. The van der Waals surface area contributed by atoms with E-state index in [0.29, 0.717) is 17.7 Å². The number of fused-ring (bicyclic) bond motifs is 5. The molecule has 0 saturated heterocycles. The molecule has 5 rings (SSSR count). The molecule has 2 aliphatic carbocycles. The number of carbonyl (C=O) groups excluding carboxylic acids is 1. The number of methoxy groups -OCH3 is 1. The van der Waals surface area contributed by atoms with Crippen molar-refractivity contribution in [3.63, 3.8) is 0 Å². The Balaban J connectivity index is 1.45. The Bertz CT molecular complexity index is 851. The first kappa shape index (κ1) is 14.1. The molecule has 1 aromatic heterocycles. The second-order valence-corrected chi connectivity index (χ2v) is 7.39. The van der Waals surface area contributed by atoms with Gasteiger partial charge in [-0.2, -0.15) is 0 Å². The van der Waals surface area contributed by atoms with Crippen molar-refractivity contribution in [1.82, 2.24) is 9.88 Å². The monoisotopic (exact) mass is 322 g/mol. The fourth-order valence-corrected chi connectivity index (χ4v) is 4.81. The second-order valence-electron chi connectivity index (χ2n) is 7.39. The minimum atomic E-state index is 0.210. The van der Waals surface area contributed by atoms with Gasteiger partial charge < -0.3 is 14.6 Å². The van der Waals surface area contributed by atoms with E-state index in [2.05, 4.69) is 34.2 Å². The molecule has 24 heavy (non-hydrogen) atoms. The number of nitrogens with zero attached hydrogens (tertiary/aromatic N) is 1. The van der Waals surface area contributed by atoms with Crippen molar-refractivity contribution in [3.8, 4) is 5.75 Å². The van der Waals surface area contributed by atoms with E-state index in [-0.39, 0.29) is 5.92 Å². The van der Waals surface area contributed by atoms with Gasteiger partial charge in [0.2, 0.25) is 5.91 Å². The molecule has 2 heterocycles. The molecule has 4 heteroatoms. The van der Waals surface area contributed by atoms with Gasteiger partial charge in [-0.1, -0.05) is 12.2 Å². The average Bonchev–Trinajstić information content (AvgIpc) is 3.33. The fraction of sp³-hybridized carbons (Fsp3) is 0.450. The molecule has 0 radical (unpaired) electrons. The Morgan fingerprint density at radius 3 is 2.96 bits per heavy atom. The fourth-order valence-electron chi connectivity index (χ4n) is 4.81. The Morgan fingerprint density at radius 1 is 1.29 bits per heavy atom. The number of H-pyrrole nitrogens is 1. The number of nitrogens with one attached hydrogen (secondary N) is 1. The van der Waals surface area contributed by atoms with E-state index in [9.17, 15) is 4.79 Å². The topological polar surface area (TPSA) is 45.3 Å². The molecular formula is C20H22N2O2. The van der Waals surface area contributed by atoms with E-state index in [4.69, 9.17) is 4.74 Å². The lowest BCUT2D eigenvalue weighted by Gasteiger charge is -2.31. The molecule has 1 aliphatic heterocycles. The summed E-state index contributed by atoms with van der Waals surface area (Å²) in [5.74, 6) is 2.55. The maximum Gasteiger partial charge on any atom is 0.226 e. The van der Waals surface area contributed by atoms with Crippen molar-refractivity contribution in [1.29, 1.82) is 0 Å². The summed E-state index contributed by atoms with van der Waals surface area (Å²) in [4.78, 5) is 18.6. The number of ether oxygens (including phenoxy) is 1. The van der Waals surface area contributed by atoms with Crippen LogP contribution in [-0.4, -0.2) is 29.4 Å². The van der Waals surface area contributed by atoms with Crippen molar-refractivity contribution < 1.29 is 9.53 Å². The minimum absolute atomic E-state index is 0.210. The minimum Gasteiger partial charge on any atom is -0.497 e. The molecule has 0 spiro atoms. The summed E-state index contributed by atoms with van der Waals surface area (Å²) in [6, 6.07) is 6.13. The van der Waals surface area contributed by atoms with E-state index < -0.39 is 0 Å². The maximum atomic E-state index is 13.0. The second kappa shape index (κ2) is 5.13. The third kappa shape index (κ3) is 2.02. The number of allylic oxidation sites excluding steroid dienone is 2. The maximum absolute atomic E-state index is 13.0. The van der Waals surface area contributed by atoms with Crippen LogP contribution in [0.4, 0.5) is 0 Å². The van der Waals surface area contributed by atoms with Crippen LogP contribution >= 0.6 is 0 Å². The van der Waals surface area contributed by atoms with Gasteiger partial charge >= 0.3 is 0 Å². The van der Waals surface area contributed by atoms with E-state index in [1.54, 1.807) is 7.11 Å². The van der Waals surface area contributed by atoms with Gasteiger partial charge in [-0.05, 0) is 42.9 Å². The zero-order chi connectivity index (χ0) is 16.3. The van der Waals surface area contributed by atoms with Crippen LogP contribution in [0.5, 0.6) is 5.75 Å². The summed E-state index contributed by atoms with van der Waals surface area (Å²) in [5, 5.41) is 1.19. The lowest BCUT2D eigenvalue weighted by Crippen LogP contribution is -2.40. The zero-order valence-corrected chi connectivity index (χ0v) is 13.9. The predicted molar refractivity (Wildman–Crippen MR) is 92.8 cm³/mol. The Morgan fingerprint density at radius 2 is 2.21 bits per heavy atom. The number of rotatable bonds is 2. The first-order valence-electron chi connectivity index (χ1n) is 8.87. The van der Waals surface area contributed by atoms with E-state index in [1.807, 2.05) is 6.07 Å². The molecule has 124 valence electrons. The first-order chi connectivity index (χ1) is 11.7. The molecule has 1 saturated carbocycles. The SMILES string of the molecule is COc1ccc2[nH]c3c(c2c1)CN(C(=O)[C@@H]1C[C@@H]2C=C[C@H]1C2)CC3. The summed E-state index contributed by atoms with van der Waals surface area (Å²) < 4.78 is 5.37. The van der Waals surface area contributed by atoms with E-state index in [1.165, 1.54) is 23.1 Å². The molecule has 1 aromatic carbocycles. The Kier molecular flexibility index (Phi) is 3.02. The number of aromatic amines is 1. The summed E-state index contributed by atoms with van der Waals surface area (Å²) >= 11 is 0. The van der Waals surface area contributed by atoms with Gasteiger partial charge in [-0.3, -0.25) is 4.79 Å². The average molecular weight is 322 g/mol. The van der Waals surface area contributed by atoms with Crippen molar-refractivity contribution in [2.45, 2.75) is 25.8 Å². The predicted octanol–water partition coefficient (Wildman–Crippen LogP) is 3.27. The molecule has 1 N–H and O–H groups in total. The third-order valence-corrected chi connectivity index (χ3v) is 6.09. The molecule has 1 fully saturated rings. The van der Waals surface area contributed by atoms with E-state index >= 15 is 0 Å². The van der Waals surface area contributed by atoms with Crippen molar-refractivity contribution in [2.75, 3.05) is 13.7 Å². The lowest BCUT2D eigenvalue weighted by atomic mass is 9.91. The van der Waals surface area contributed by atoms with Crippen molar-refractivity contribution >= 4 is 16.8 Å². The Labute approximate surface area is 141 Å². The van der Waals surface area contributed by atoms with Gasteiger partial charge in [0.05, 0.1) is 7.11 Å². The van der Waals surface area contributed by atoms with Gasteiger partial charge in [-0.15, -0.1) is 0 Å². The highest BCUT2D eigenvalue weighted by atomic mass is 16.5. The van der Waals surface area contributed by atoms with Gasteiger partial charge in [-0.25, -0.2) is 0 Å². The zero-order valence-electron chi connectivity index (χ0n) is 13.9. The molecule has 1 amide bonds. The van der Waals surface area contributed by atoms with Crippen LogP contribution in [0.25, 0.3) is 10.9 Å². The molecule has 3 atom stereocenters.